The van der Waals surface area contributed by atoms with Crippen molar-refractivity contribution in [3.05, 3.63) is 53.8 Å². The first-order chi connectivity index (χ1) is 14.1. The molecule has 1 amide bonds. The van der Waals surface area contributed by atoms with Crippen LogP contribution in [0.1, 0.15) is 23.2 Å². The lowest BCUT2D eigenvalue weighted by Gasteiger charge is -2.36. The van der Waals surface area contributed by atoms with E-state index in [0.29, 0.717) is 62.1 Å². The minimum Gasteiger partial charge on any atom is -0.486 e. The Bertz CT molecular complexity index is 909. The summed E-state index contributed by atoms with van der Waals surface area (Å²) in [6.07, 6.45) is 0.305. The molecule has 7 heteroatoms. The third-order valence-electron chi connectivity index (χ3n) is 5.26. The Labute approximate surface area is 168 Å². The molecule has 4 rings (SSSR count). The zero-order chi connectivity index (χ0) is 20.2. The van der Waals surface area contributed by atoms with Gasteiger partial charge in [0.25, 0.3) is 0 Å². The number of fused-ring (bicyclic) bond motifs is 1. The number of ether oxygens (including phenoxy) is 2. The lowest BCUT2D eigenvalue weighted by atomic mass is 10.1. The van der Waals surface area contributed by atoms with Crippen molar-refractivity contribution < 1.29 is 23.5 Å². The van der Waals surface area contributed by atoms with Gasteiger partial charge >= 0.3 is 0 Å². The first-order valence-electron chi connectivity index (χ1n) is 9.82. The number of Topliss-reactive ketones (excluding diaryl/α,β-unsaturated/α-hetero) is 1. The molecule has 1 saturated heterocycles. The molecule has 0 radical (unpaired) electrons. The summed E-state index contributed by atoms with van der Waals surface area (Å²) in [5.74, 6) is 0.802. The van der Waals surface area contributed by atoms with Gasteiger partial charge in [0.1, 0.15) is 19.0 Å². The summed E-state index contributed by atoms with van der Waals surface area (Å²) >= 11 is 0. The second kappa shape index (κ2) is 8.51. The van der Waals surface area contributed by atoms with Crippen molar-refractivity contribution in [2.45, 2.75) is 12.8 Å². The fourth-order valence-corrected chi connectivity index (χ4v) is 3.64. The monoisotopic (exact) mass is 398 g/mol. The molecule has 0 atom stereocenters. The third kappa shape index (κ3) is 4.34. The Balaban J connectivity index is 1.28. The van der Waals surface area contributed by atoms with Gasteiger partial charge in [0.05, 0.1) is 5.69 Å². The van der Waals surface area contributed by atoms with Gasteiger partial charge in [-0.2, -0.15) is 0 Å². The van der Waals surface area contributed by atoms with Crippen LogP contribution in [0.25, 0.3) is 0 Å². The molecule has 6 nitrogen and oxygen atoms in total. The summed E-state index contributed by atoms with van der Waals surface area (Å²) in [7, 11) is 0. The smallest absolute Gasteiger partial charge is 0.223 e. The minimum atomic E-state index is -0.252. The van der Waals surface area contributed by atoms with E-state index in [2.05, 4.69) is 0 Å². The van der Waals surface area contributed by atoms with Crippen LogP contribution >= 0.6 is 0 Å². The summed E-state index contributed by atoms with van der Waals surface area (Å²) in [5, 5.41) is 0. The van der Waals surface area contributed by atoms with Crippen LogP contribution in [-0.2, 0) is 4.79 Å². The topological polar surface area (TPSA) is 59.1 Å². The number of carbonyl (C=O) groups is 2. The zero-order valence-corrected chi connectivity index (χ0v) is 16.1. The number of benzene rings is 2. The van der Waals surface area contributed by atoms with E-state index in [1.807, 2.05) is 4.90 Å². The first-order valence-corrected chi connectivity index (χ1v) is 9.82. The molecule has 1 fully saturated rings. The Kier molecular flexibility index (Phi) is 5.64. The Morgan fingerprint density at radius 2 is 1.62 bits per heavy atom. The van der Waals surface area contributed by atoms with Crippen molar-refractivity contribution in [1.29, 1.82) is 0 Å². The van der Waals surface area contributed by atoms with Crippen molar-refractivity contribution in [2.75, 3.05) is 44.3 Å². The molecular formula is C22H23FN2O4. The van der Waals surface area contributed by atoms with Gasteiger partial charge in [0, 0.05) is 44.6 Å². The molecule has 0 N–H and O–H groups in total. The normalized spacial score (nSPS) is 15.9. The molecular weight excluding hydrogens is 375 g/mol. The quantitative estimate of drug-likeness (QED) is 0.725. The largest absolute Gasteiger partial charge is 0.486 e. The molecule has 0 saturated carbocycles. The maximum absolute atomic E-state index is 13.9. The van der Waals surface area contributed by atoms with Crippen LogP contribution in [-0.4, -0.2) is 56.0 Å². The molecule has 2 aromatic carbocycles. The molecule has 2 aliphatic heterocycles. The standard InChI is InChI=1S/C22H23FN2O4/c23-17-3-1-2-4-18(17)24-9-11-25(12-10-24)22(27)8-6-19(26)16-5-7-20-21(15-16)29-14-13-28-20/h1-5,7,15H,6,8-14H2. The highest BCUT2D eigenvalue weighted by atomic mass is 19.1. The fraction of sp³-hybridized carbons (Fsp3) is 0.364. The summed E-state index contributed by atoms with van der Waals surface area (Å²) < 4.78 is 24.9. The van der Waals surface area contributed by atoms with E-state index in [9.17, 15) is 14.0 Å². The van der Waals surface area contributed by atoms with Crippen LogP contribution < -0.4 is 14.4 Å². The van der Waals surface area contributed by atoms with Crippen LogP contribution in [0.3, 0.4) is 0 Å². The predicted molar refractivity (Wildman–Crippen MR) is 106 cm³/mol. The summed E-state index contributed by atoms with van der Waals surface area (Å²) in [4.78, 5) is 28.7. The SMILES string of the molecule is O=C(CCC(=O)N1CCN(c2ccccc2F)CC1)c1ccc2c(c1)OCCO2. The number of anilines is 1. The van der Waals surface area contributed by atoms with E-state index >= 15 is 0 Å². The molecule has 0 bridgehead atoms. The van der Waals surface area contributed by atoms with Crippen molar-refractivity contribution >= 4 is 17.4 Å². The van der Waals surface area contributed by atoms with Gasteiger partial charge in [-0.25, -0.2) is 4.39 Å². The molecule has 2 heterocycles. The molecule has 2 aliphatic rings. The van der Waals surface area contributed by atoms with Crippen LogP contribution in [0.15, 0.2) is 42.5 Å². The molecule has 152 valence electrons. The lowest BCUT2D eigenvalue weighted by Crippen LogP contribution is -2.49. The van der Waals surface area contributed by atoms with Gasteiger partial charge in [0.2, 0.25) is 5.91 Å². The average Bonchev–Trinajstić information content (AvgIpc) is 2.77. The molecule has 0 aromatic heterocycles. The number of rotatable bonds is 5. The number of ketones is 1. The second-order valence-electron chi connectivity index (χ2n) is 7.10. The van der Waals surface area contributed by atoms with E-state index in [4.69, 9.17) is 9.47 Å². The van der Waals surface area contributed by atoms with Crippen molar-refractivity contribution in [2.24, 2.45) is 0 Å². The Hall–Kier alpha value is -3.09. The zero-order valence-electron chi connectivity index (χ0n) is 16.1. The van der Waals surface area contributed by atoms with Gasteiger partial charge in [-0.3, -0.25) is 9.59 Å². The van der Waals surface area contributed by atoms with Gasteiger partial charge < -0.3 is 19.3 Å². The number of para-hydroxylation sites is 1. The van der Waals surface area contributed by atoms with Crippen LogP contribution in [0, 0.1) is 5.82 Å². The van der Waals surface area contributed by atoms with E-state index < -0.39 is 0 Å². The Morgan fingerprint density at radius 3 is 2.38 bits per heavy atom. The summed E-state index contributed by atoms with van der Waals surface area (Å²) in [6.45, 7) is 3.14. The van der Waals surface area contributed by atoms with Gasteiger partial charge in [-0.1, -0.05) is 12.1 Å². The number of hydrogen-bond donors (Lipinski definition) is 0. The van der Waals surface area contributed by atoms with Crippen LogP contribution in [0.5, 0.6) is 11.5 Å². The molecule has 0 unspecified atom stereocenters. The van der Waals surface area contributed by atoms with E-state index in [1.165, 1.54) is 6.07 Å². The van der Waals surface area contributed by atoms with Crippen molar-refractivity contribution in [3.8, 4) is 11.5 Å². The molecule has 0 aliphatic carbocycles. The number of carbonyl (C=O) groups excluding carboxylic acids is 2. The summed E-state index contributed by atoms with van der Waals surface area (Å²) in [6, 6.07) is 11.8. The lowest BCUT2D eigenvalue weighted by molar-refractivity contribution is -0.131. The highest BCUT2D eigenvalue weighted by Crippen LogP contribution is 2.31. The number of halogens is 1. The fourth-order valence-electron chi connectivity index (χ4n) is 3.64. The maximum atomic E-state index is 13.9. The second-order valence-corrected chi connectivity index (χ2v) is 7.10. The minimum absolute atomic E-state index is 0.0518. The number of amides is 1. The average molecular weight is 398 g/mol. The Morgan fingerprint density at radius 1 is 0.897 bits per heavy atom. The maximum Gasteiger partial charge on any atom is 0.223 e. The van der Waals surface area contributed by atoms with Gasteiger partial charge in [-0.05, 0) is 30.3 Å². The molecule has 2 aromatic rings. The van der Waals surface area contributed by atoms with E-state index in [1.54, 1.807) is 41.3 Å². The van der Waals surface area contributed by atoms with E-state index in [0.717, 1.165) is 0 Å². The number of nitrogens with zero attached hydrogens (tertiary/aromatic N) is 2. The number of hydrogen-bond acceptors (Lipinski definition) is 5. The van der Waals surface area contributed by atoms with Gasteiger partial charge in [-0.15, -0.1) is 0 Å². The van der Waals surface area contributed by atoms with Crippen LogP contribution in [0.2, 0.25) is 0 Å². The molecule has 29 heavy (non-hydrogen) atoms. The highest BCUT2D eigenvalue weighted by Gasteiger charge is 2.23. The predicted octanol–water partition coefficient (Wildman–Crippen LogP) is 2.91. The first kappa shape index (κ1) is 19.2. The van der Waals surface area contributed by atoms with Crippen molar-refractivity contribution in [3.63, 3.8) is 0 Å². The van der Waals surface area contributed by atoms with Crippen LogP contribution in [0.4, 0.5) is 10.1 Å². The third-order valence-corrected chi connectivity index (χ3v) is 5.26. The van der Waals surface area contributed by atoms with Gasteiger partial charge in [0.15, 0.2) is 17.3 Å². The number of piperazine rings is 1. The van der Waals surface area contributed by atoms with E-state index in [-0.39, 0.29) is 30.3 Å². The van der Waals surface area contributed by atoms with Crippen molar-refractivity contribution in [1.82, 2.24) is 4.90 Å². The highest BCUT2D eigenvalue weighted by molar-refractivity contribution is 5.98. The molecule has 0 spiro atoms. The summed E-state index contributed by atoms with van der Waals surface area (Å²) in [5.41, 5.74) is 1.08.